The third-order valence-corrected chi connectivity index (χ3v) is 2.63. The van der Waals surface area contributed by atoms with Crippen LogP contribution in [0.5, 0.6) is 11.5 Å². The molecule has 0 fully saturated rings. The van der Waals surface area contributed by atoms with E-state index in [0.717, 1.165) is 0 Å². The quantitative estimate of drug-likeness (QED) is 0.780. The van der Waals surface area contributed by atoms with Crippen LogP contribution >= 0.6 is 0 Å². The van der Waals surface area contributed by atoms with E-state index < -0.39 is 0 Å². The number of carbonyl (C=O) groups is 2. The second kappa shape index (κ2) is 8.04. The molecule has 2 N–H and O–H groups in total. The van der Waals surface area contributed by atoms with Gasteiger partial charge in [0.2, 0.25) is 5.91 Å². The summed E-state index contributed by atoms with van der Waals surface area (Å²) < 4.78 is 10.2. The van der Waals surface area contributed by atoms with E-state index in [9.17, 15) is 9.59 Å². The lowest BCUT2D eigenvalue weighted by Gasteiger charge is -2.09. The number of rotatable bonds is 7. The molecule has 0 radical (unpaired) electrons. The van der Waals surface area contributed by atoms with Gasteiger partial charge < -0.3 is 20.1 Å². The van der Waals surface area contributed by atoms with Crippen LogP contribution in [0.2, 0.25) is 0 Å². The molecule has 0 aliphatic carbocycles. The molecule has 0 atom stereocenters. The lowest BCUT2D eigenvalue weighted by molar-refractivity contribution is -0.120. The summed E-state index contributed by atoms with van der Waals surface area (Å²) in [7, 11) is 3.04. The van der Waals surface area contributed by atoms with Gasteiger partial charge in [-0.3, -0.25) is 9.59 Å². The summed E-state index contributed by atoms with van der Waals surface area (Å²) in [6.07, 6.45) is 0.251. The number of amides is 2. The van der Waals surface area contributed by atoms with Gasteiger partial charge in [0.15, 0.2) is 0 Å². The maximum absolute atomic E-state index is 12.0. The van der Waals surface area contributed by atoms with Crippen molar-refractivity contribution in [3.8, 4) is 11.5 Å². The van der Waals surface area contributed by atoms with Crippen molar-refractivity contribution in [2.45, 2.75) is 13.3 Å². The van der Waals surface area contributed by atoms with E-state index in [1.165, 1.54) is 14.2 Å². The summed E-state index contributed by atoms with van der Waals surface area (Å²) in [6, 6.07) is 4.92. The maximum atomic E-state index is 12.0. The van der Waals surface area contributed by atoms with Crippen molar-refractivity contribution in [2.24, 2.45) is 0 Å². The van der Waals surface area contributed by atoms with Crippen LogP contribution in [0.25, 0.3) is 0 Å². The number of carbonyl (C=O) groups excluding carboxylic acids is 2. The number of nitrogens with one attached hydrogen (secondary N) is 2. The Morgan fingerprint density at radius 3 is 2.15 bits per heavy atom. The number of hydrogen-bond donors (Lipinski definition) is 2. The second-order valence-corrected chi connectivity index (χ2v) is 4.06. The van der Waals surface area contributed by atoms with Crippen molar-refractivity contribution in [1.82, 2.24) is 10.6 Å². The average Bonchev–Trinajstić information content (AvgIpc) is 2.46. The van der Waals surface area contributed by atoms with Crippen LogP contribution in [0, 0.1) is 0 Å². The number of methoxy groups -OCH3 is 2. The third kappa shape index (κ3) is 4.79. The summed E-state index contributed by atoms with van der Waals surface area (Å²) in [4.78, 5) is 23.2. The van der Waals surface area contributed by atoms with E-state index in [0.29, 0.717) is 23.6 Å². The van der Waals surface area contributed by atoms with Crippen LogP contribution in [-0.4, -0.2) is 39.1 Å². The van der Waals surface area contributed by atoms with Crippen molar-refractivity contribution in [3.05, 3.63) is 23.8 Å². The third-order valence-electron chi connectivity index (χ3n) is 2.63. The Bertz CT molecular complexity index is 452. The normalized spacial score (nSPS) is 9.75. The van der Waals surface area contributed by atoms with Crippen molar-refractivity contribution in [1.29, 1.82) is 0 Å². The molecule has 1 aromatic carbocycles. The Morgan fingerprint density at radius 2 is 1.65 bits per heavy atom. The fourth-order valence-corrected chi connectivity index (χ4v) is 1.62. The van der Waals surface area contributed by atoms with E-state index in [2.05, 4.69) is 10.6 Å². The second-order valence-electron chi connectivity index (χ2n) is 4.06. The SMILES string of the molecule is CCNC(=O)CCNC(=O)c1cc(OC)cc(OC)c1. The first-order valence-corrected chi connectivity index (χ1v) is 6.38. The zero-order valence-corrected chi connectivity index (χ0v) is 12.0. The van der Waals surface area contributed by atoms with Gasteiger partial charge in [0, 0.05) is 31.1 Å². The van der Waals surface area contributed by atoms with Crippen molar-refractivity contribution >= 4 is 11.8 Å². The lowest BCUT2D eigenvalue weighted by atomic mass is 10.2. The molecule has 0 bridgehead atoms. The fraction of sp³-hybridized carbons (Fsp3) is 0.429. The number of ether oxygens (including phenoxy) is 2. The molecule has 6 heteroatoms. The predicted molar refractivity (Wildman–Crippen MR) is 75.2 cm³/mol. The molecule has 0 spiro atoms. The predicted octanol–water partition coefficient (Wildman–Crippen LogP) is 0.960. The van der Waals surface area contributed by atoms with Crippen LogP contribution < -0.4 is 20.1 Å². The van der Waals surface area contributed by atoms with Gasteiger partial charge in [0.1, 0.15) is 11.5 Å². The monoisotopic (exact) mass is 280 g/mol. The zero-order valence-electron chi connectivity index (χ0n) is 12.0. The highest BCUT2D eigenvalue weighted by molar-refractivity contribution is 5.95. The van der Waals surface area contributed by atoms with E-state index in [4.69, 9.17) is 9.47 Å². The van der Waals surface area contributed by atoms with Gasteiger partial charge in [0.05, 0.1) is 14.2 Å². The Morgan fingerprint density at radius 1 is 1.05 bits per heavy atom. The van der Waals surface area contributed by atoms with Gasteiger partial charge in [-0.05, 0) is 19.1 Å². The van der Waals surface area contributed by atoms with Gasteiger partial charge in [-0.2, -0.15) is 0 Å². The molecule has 20 heavy (non-hydrogen) atoms. The van der Waals surface area contributed by atoms with E-state index in [1.807, 2.05) is 6.92 Å². The molecule has 0 aromatic heterocycles. The number of benzene rings is 1. The molecule has 6 nitrogen and oxygen atoms in total. The summed E-state index contributed by atoms with van der Waals surface area (Å²) in [6.45, 7) is 2.71. The lowest BCUT2D eigenvalue weighted by Crippen LogP contribution is -2.30. The average molecular weight is 280 g/mol. The minimum absolute atomic E-state index is 0.0870. The van der Waals surface area contributed by atoms with Crippen molar-refractivity contribution in [2.75, 3.05) is 27.3 Å². The van der Waals surface area contributed by atoms with Crippen LogP contribution in [0.4, 0.5) is 0 Å². The van der Waals surface area contributed by atoms with Gasteiger partial charge in [-0.25, -0.2) is 0 Å². The van der Waals surface area contributed by atoms with E-state index in [1.54, 1.807) is 18.2 Å². The highest BCUT2D eigenvalue weighted by Crippen LogP contribution is 2.22. The standard InChI is InChI=1S/C14H20N2O4/c1-4-15-13(17)5-6-16-14(18)10-7-11(19-2)9-12(8-10)20-3/h7-9H,4-6H2,1-3H3,(H,15,17)(H,16,18). The molecule has 0 saturated carbocycles. The van der Waals surface area contributed by atoms with E-state index in [-0.39, 0.29) is 24.8 Å². The Hall–Kier alpha value is -2.24. The van der Waals surface area contributed by atoms with Gasteiger partial charge >= 0.3 is 0 Å². The van der Waals surface area contributed by atoms with Crippen LogP contribution in [0.1, 0.15) is 23.7 Å². The van der Waals surface area contributed by atoms with Crippen LogP contribution in [0.15, 0.2) is 18.2 Å². The first-order valence-electron chi connectivity index (χ1n) is 6.38. The van der Waals surface area contributed by atoms with Gasteiger partial charge in [-0.1, -0.05) is 0 Å². The molecule has 0 heterocycles. The first-order chi connectivity index (χ1) is 9.60. The van der Waals surface area contributed by atoms with Crippen molar-refractivity contribution < 1.29 is 19.1 Å². The first kappa shape index (κ1) is 15.8. The summed E-state index contributed by atoms with van der Waals surface area (Å²) >= 11 is 0. The Balaban J connectivity index is 2.60. The summed E-state index contributed by atoms with van der Waals surface area (Å²) in [5, 5.41) is 5.35. The highest BCUT2D eigenvalue weighted by Gasteiger charge is 2.10. The molecule has 0 aliphatic heterocycles. The molecule has 110 valence electrons. The van der Waals surface area contributed by atoms with E-state index >= 15 is 0 Å². The topological polar surface area (TPSA) is 76.7 Å². The van der Waals surface area contributed by atoms with Crippen LogP contribution in [-0.2, 0) is 4.79 Å². The molecule has 0 saturated heterocycles. The molecule has 0 aliphatic rings. The smallest absolute Gasteiger partial charge is 0.251 e. The van der Waals surface area contributed by atoms with Gasteiger partial charge in [-0.15, -0.1) is 0 Å². The summed E-state index contributed by atoms with van der Waals surface area (Å²) in [5.74, 6) is 0.721. The zero-order chi connectivity index (χ0) is 15.0. The summed E-state index contributed by atoms with van der Waals surface area (Å²) in [5.41, 5.74) is 0.428. The Kier molecular flexibility index (Phi) is 6.36. The molecule has 2 amide bonds. The minimum Gasteiger partial charge on any atom is -0.497 e. The van der Waals surface area contributed by atoms with Crippen molar-refractivity contribution in [3.63, 3.8) is 0 Å². The highest BCUT2D eigenvalue weighted by atomic mass is 16.5. The molecular weight excluding hydrogens is 260 g/mol. The number of hydrogen-bond acceptors (Lipinski definition) is 4. The fourth-order valence-electron chi connectivity index (χ4n) is 1.62. The molecule has 0 unspecified atom stereocenters. The minimum atomic E-state index is -0.272. The Labute approximate surface area is 118 Å². The molecule has 1 rings (SSSR count). The maximum Gasteiger partial charge on any atom is 0.251 e. The molecular formula is C14H20N2O4. The van der Waals surface area contributed by atoms with Gasteiger partial charge in [0.25, 0.3) is 5.91 Å². The largest absolute Gasteiger partial charge is 0.497 e. The molecule has 1 aromatic rings. The van der Waals surface area contributed by atoms with Crippen LogP contribution in [0.3, 0.4) is 0 Å².